The third kappa shape index (κ3) is 2.69. The van der Waals surface area contributed by atoms with Crippen LogP contribution in [0, 0.1) is 0 Å². The van der Waals surface area contributed by atoms with Gasteiger partial charge in [0.05, 0.1) is 13.7 Å². The molecule has 0 amide bonds. The van der Waals surface area contributed by atoms with E-state index in [0.717, 1.165) is 27.8 Å². The van der Waals surface area contributed by atoms with Crippen LogP contribution in [-0.4, -0.2) is 13.7 Å². The second kappa shape index (κ2) is 6.56. The van der Waals surface area contributed by atoms with Crippen molar-refractivity contribution in [3.63, 3.8) is 0 Å². The van der Waals surface area contributed by atoms with E-state index in [2.05, 4.69) is 0 Å². The van der Waals surface area contributed by atoms with Crippen LogP contribution in [0.1, 0.15) is 12.5 Å². The molecule has 0 saturated heterocycles. The molecule has 0 aliphatic carbocycles. The second-order valence-corrected chi connectivity index (χ2v) is 5.94. The zero-order valence-electron chi connectivity index (χ0n) is 14.6. The molecule has 0 spiro atoms. The van der Waals surface area contributed by atoms with Gasteiger partial charge in [0.15, 0.2) is 5.42 Å². The largest absolute Gasteiger partial charge is 0.496 e. The molecule has 130 valence electrons. The molecule has 0 unspecified atom stereocenters. The topological polar surface area (TPSA) is 48.7 Å². The summed E-state index contributed by atoms with van der Waals surface area (Å²) < 4.78 is 16.8. The van der Waals surface area contributed by atoms with Gasteiger partial charge in [-0.1, -0.05) is 24.3 Å². The molecule has 0 bridgehead atoms. The maximum Gasteiger partial charge on any atom is 0.228 e. The van der Waals surface area contributed by atoms with E-state index in [9.17, 15) is 4.79 Å². The smallest absolute Gasteiger partial charge is 0.228 e. The maximum atomic E-state index is 12.9. The first-order valence-corrected chi connectivity index (χ1v) is 8.48. The van der Waals surface area contributed by atoms with Gasteiger partial charge in [-0.25, -0.2) is 0 Å². The lowest BCUT2D eigenvalue weighted by Gasteiger charge is -2.08. The summed E-state index contributed by atoms with van der Waals surface area (Å²) in [5.41, 5.74) is 1.71. The number of methoxy groups -OCH3 is 1. The quantitative estimate of drug-likeness (QED) is 0.562. The van der Waals surface area contributed by atoms with Crippen LogP contribution in [0.15, 0.2) is 63.8 Å². The van der Waals surface area contributed by atoms with Gasteiger partial charge in [0.1, 0.15) is 17.1 Å². The second-order valence-electron chi connectivity index (χ2n) is 5.94. The molecule has 0 radical (unpaired) electrons. The average Bonchev–Trinajstić information content (AvgIpc) is 2.67. The van der Waals surface area contributed by atoms with Crippen LogP contribution in [0.2, 0.25) is 0 Å². The summed E-state index contributed by atoms with van der Waals surface area (Å²) in [6.45, 7) is 2.56. The van der Waals surface area contributed by atoms with Gasteiger partial charge in [0, 0.05) is 16.2 Å². The lowest BCUT2D eigenvalue weighted by molar-refractivity contribution is 0.340. The van der Waals surface area contributed by atoms with Crippen molar-refractivity contribution in [2.24, 2.45) is 0 Å². The normalized spacial score (nSPS) is 12.0. The highest BCUT2D eigenvalue weighted by Crippen LogP contribution is 2.31. The molecule has 4 heteroatoms. The predicted molar refractivity (Wildman–Crippen MR) is 103 cm³/mol. The van der Waals surface area contributed by atoms with E-state index in [-0.39, 0.29) is 5.43 Å². The molecular formula is C22H18O4. The van der Waals surface area contributed by atoms with Gasteiger partial charge in [-0.15, -0.1) is 0 Å². The molecule has 0 aliphatic rings. The molecule has 0 atom stereocenters. The van der Waals surface area contributed by atoms with Crippen molar-refractivity contribution in [1.82, 2.24) is 0 Å². The van der Waals surface area contributed by atoms with Crippen molar-refractivity contribution in [3.8, 4) is 11.5 Å². The minimum Gasteiger partial charge on any atom is -0.496 e. The number of ether oxygens (including phenoxy) is 2. The van der Waals surface area contributed by atoms with Crippen LogP contribution >= 0.6 is 0 Å². The van der Waals surface area contributed by atoms with Crippen molar-refractivity contribution < 1.29 is 13.9 Å². The number of hydrogen-bond donors (Lipinski definition) is 0. The molecule has 26 heavy (non-hydrogen) atoms. The van der Waals surface area contributed by atoms with Crippen molar-refractivity contribution in [2.75, 3.05) is 13.7 Å². The minimum absolute atomic E-state index is 0.134. The Morgan fingerprint density at radius 3 is 2.54 bits per heavy atom. The standard InChI is InChI=1S/C22H18O4/c1-3-25-15-9-7-14(8-10-15)13-20-22(23)17-11-12-18(24-2)16-5-4-6-19(26-20)21(16)17/h4-13H,3H2,1-2H3. The molecule has 0 aliphatic heterocycles. The summed E-state index contributed by atoms with van der Waals surface area (Å²) in [6, 6.07) is 16.9. The molecule has 4 aromatic rings. The lowest BCUT2D eigenvalue weighted by Crippen LogP contribution is -2.24. The van der Waals surface area contributed by atoms with E-state index in [1.165, 1.54) is 0 Å². The first-order valence-electron chi connectivity index (χ1n) is 8.48. The van der Waals surface area contributed by atoms with E-state index in [1.807, 2.05) is 55.5 Å². The van der Waals surface area contributed by atoms with Crippen LogP contribution in [0.25, 0.3) is 27.8 Å². The van der Waals surface area contributed by atoms with Gasteiger partial charge in [-0.05, 0) is 48.9 Å². The Kier molecular flexibility index (Phi) is 4.09. The van der Waals surface area contributed by atoms with Gasteiger partial charge in [-0.3, -0.25) is 4.79 Å². The molecule has 0 saturated carbocycles. The van der Waals surface area contributed by atoms with Crippen LogP contribution in [0.4, 0.5) is 0 Å². The van der Waals surface area contributed by atoms with E-state index in [1.54, 1.807) is 19.3 Å². The Bertz CT molecular complexity index is 1190. The highest BCUT2D eigenvalue weighted by Gasteiger charge is 2.12. The number of benzene rings is 3. The lowest BCUT2D eigenvalue weighted by atomic mass is 10.0. The molecule has 4 nitrogen and oxygen atoms in total. The number of hydrogen-bond acceptors (Lipinski definition) is 4. The maximum absolute atomic E-state index is 12.9. The van der Waals surface area contributed by atoms with E-state index in [4.69, 9.17) is 13.9 Å². The highest BCUT2D eigenvalue weighted by molar-refractivity contribution is 6.09. The van der Waals surface area contributed by atoms with Crippen molar-refractivity contribution in [3.05, 3.63) is 75.8 Å². The molecule has 0 fully saturated rings. The SMILES string of the molecule is CCOc1ccc(C=c2oc3cccc4c(OC)ccc(c2=O)c34)cc1. The zero-order valence-corrected chi connectivity index (χ0v) is 14.6. The summed E-state index contributed by atoms with van der Waals surface area (Å²) >= 11 is 0. The van der Waals surface area contributed by atoms with Crippen LogP contribution in [0.3, 0.4) is 0 Å². The molecule has 1 heterocycles. The van der Waals surface area contributed by atoms with Gasteiger partial charge >= 0.3 is 0 Å². The van der Waals surface area contributed by atoms with Gasteiger partial charge < -0.3 is 13.9 Å². The minimum atomic E-state index is -0.134. The molecular weight excluding hydrogens is 328 g/mol. The van der Waals surface area contributed by atoms with Gasteiger partial charge in [0.25, 0.3) is 0 Å². The Morgan fingerprint density at radius 2 is 1.81 bits per heavy atom. The molecule has 1 aromatic heterocycles. The zero-order chi connectivity index (χ0) is 18.1. The number of rotatable bonds is 4. The molecule has 0 N–H and O–H groups in total. The first-order chi connectivity index (χ1) is 12.7. The fourth-order valence-electron chi connectivity index (χ4n) is 3.17. The summed E-state index contributed by atoms with van der Waals surface area (Å²) in [5.74, 6) is 1.52. The Labute approximate surface area is 150 Å². The van der Waals surface area contributed by atoms with E-state index >= 15 is 0 Å². The third-order valence-electron chi connectivity index (χ3n) is 4.36. The third-order valence-corrected chi connectivity index (χ3v) is 4.36. The Balaban J connectivity index is 1.94. The van der Waals surface area contributed by atoms with Crippen molar-refractivity contribution >= 4 is 27.8 Å². The van der Waals surface area contributed by atoms with Crippen molar-refractivity contribution in [1.29, 1.82) is 0 Å². The van der Waals surface area contributed by atoms with E-state index < -0.39 is 0 Å². The summed E-state index contributed by atoms with van der Waals surface area (Å²) in [7, 11) is 1.62. The molecule has 3 aromatic carbocycles. The van der Waals surface area contributed by atoms with Crippen LogP contribution in [0.5, 0.6) is 11.5 Å². The van der Waals surface area contributed by atoms with Gasteiger partial charge in [0.2, 0.25) is 5.43 Å². The van der Waals surface area contributed by atoms with Gasteiger partial charge in [-0.2, -0.15) is 0 Å². The average molecular weight is 346 g/mol. The first kappa shape index (κ1) is 16.2. The van der Waals surface area contributed by atoms with Crippen molar-refractivity contribution in [2.45, 2.75) is 6.92 Å². The van der Waals surface area contributed by atoms with Crippen LogP contribution in [-0.2, 0) is 0 Å². The Morgan fingerprint density at radius 1 is 1.00 bits per heavy atom. The summed E-state index contributed by atoms with van der Waals surface area (Å²) in [5, 5.41) is 2.29. The molecule has 4 rings (SSSR count). The Hall–Kier alpha value is -3.27. The fraction of sp³-hybridized carbons (Fsp3) is 0.136. The fourth-order valence-corrected chi connectivity index (χ4v) is 3.17. The summed E-state index contributed by atoms with van der Waals surface area (Å²) in [6.07, 6.45) is 1.75. The predicted octanol–water partition coefficient (Wildman–Crippen LogP) is 3.90. The summed E-state index contributed by atoms with van der Waals surface area (Å²) in [4.78, 5) is 12.9. The van der Waals surface area contributed by atoms with E-state index in [0.29, 0.717) is 23.0 Å². The monoisotopic (exact) mass is 346 g/mol. The van der Waals surface area contributed by atoms with Crippen LogP contribution < -0.4 is 20.3 Å². The highest BCUT2D eigenvalue weighted by atomic mass is 16.5.